The van der Waals surface area contributed by atoms with E-state index in [1.807, 2.05) is 61.5 Å². The van der Waals surface area contributed by atoms with Gasteiger partial charge in [-0.25, -0.2) is 4.99 Å². The summed E-state index contributed by atoms with van der Waals surface area (Å²) in [5.41, 5.74) is 2.94. The van der Waals surface area contributed by atoms with Crippen LogP contribution in [0.3, 0.4) is 0 Å². The fraction of sp³-hybridized carbons (Fsp3) is 0.111. The largest absolute Gasteiger partial charge is 0.497 e. The van der Waals surface area contributed by atoms with Gasteiger partial charge in [0.1, 0.15) is 5.75 Å². The smallest absolute Gasteiger partial charge is 0.264 e. The van der Waals surface area contributed by atoms with E-state index in [2.05, 4.69) is 10.3 Å². The highest BCUT2D eigenvalue weighted by atomic mass is 32.2. The van der Waals surface area contributed by atoms with Crippen LogP contribution in [-0.2, 0) is 4.79 Å². The van der Waals surface area contributed by atoms with Crippen LogP contribution < -0.4 is 10.1 Å². The minimum Gasteiger partial charge on any atom is -0.497 e. The number of amidine groups is 1. The molecule has 0 spiro atoms. The van der Waals surface area contributed by atoms with Crippen molar-refractivity contribution in [1.82, 2.24) is 5.32 Å². The number of aliphatic imine (C=N–C) groups is 1. The van der Waals surface area contributed by atoms with E-state index >= 15 is 0 Å². The first-order valence-corrected chi connectivity index (χ1v) is 7.96. The number of nitrogens with one attached hydrogen (secondary N) is 1. The van der Waals surface area contributed by atoms with Crippen molar-refractivity contribution in [3.05, 3.63) is 64.6 Å². The van der Waals surface area contributed by atoms with Gasteiger partial charge in [-0.3, -0.25) is 4.79 Å². The lowest BCUT2D eigenvalue weighted by molar-refractivity contribution is -0.115. The molecule has 0 aliphatic carbocycles. The van der Waals surface area contributed by atoms with E-state index < -0.39 is 0 Å². The van der Waals surface area contributed by atoms with Gasteiger partial charge in [-0.05, 0) is 60.2 Å². The van der Waals surface area contributed by atoms with E-state index in [0.717, 1.165) is 22.6 Å². The molecular weight excluding hydrogens is 308 g/mol. The first-order valence-electron chi connectivity index (χ1n) is 7.15. The van der Waals surface area contributed by atoms with Crippen molar-refractivity contribution in [3.8, 4) is 5.75 Å². The van der Waals surface area contributed by atoms with Crippen LogP contribution in [0.15, 0.2) is 58.4 Å². The van der Waals surface area contributed by atoms with Crippen molar-refractivity contribution >= 4 is 34.6 Å². The molecule has 5 heteroatoms. The van der Waals surface area contributed by atoms with Gasteiger partial charge in [0.2, 0.25) is 0 Å². The van der Waals surface area contributed by atoms with Gasteiger partial charge in [0.15, 0.2) is 5.17 Å². The topological polar surface area (TPSA) is 50.7 Å². The molecule has 0 aromatic heterocycles. The fourth-order valence-corrected chi connectivity index (χ4v) is 2.98. The molecule has 0 unspecified atom stereocenters. The zero-order valence-corrected chi connectivity index (χ0v) is 13.7. The normalized spacial score (nSPS) is 17.6. The van der Waals surface area contributed by atoms with E-state index in [0.29, 0.717) is 10.1 Å². The van der Waals surface area contributed by atoms with Crippen LogP contribution in [0.2, 0.25) is 0 Å². The number of amides is 1. The minimum atomic E-state index is -0.120. The van der Waals surface area contributed by atoms with Crippen LogP contribution in [0.4, 0.5) is 5.69 Å². The van der Waals surface area contributed by atoms with Crippen LogP contribution in [0, 0.1) is 6.92 Å². The van der Waals surface area contributed by atoms with E-state index in [1.165, 1.54) is 11.8 Å². The van der Waals surface area contributed by atoms with Crippen molar-refractivity contribution < 1.29 is 9.53 Å². The molecule has 1 N–H and O–H groups in total. The summed E-state index contributed by atoms with van der Waals surface area (Å²) in [6.45, 7) is 2.02. The number of methoxy groups -OCH3 is 1. The molecule has 1 heterocycles. The summed E-state index contributed by atoms with van der Waals surface area (Å²) in [6.07, 6.45) is 1.89. The summed E-state index contributed by atoms with van der Waals surface area (Å²) in [4.78, 5) is 17.2. The number of carbonyl (C=O) groups excluding carboxylic acids is 1. The van der Waals surface area contributed by atoms with Gasteiger partial charge >= 0.3 is 0 Å². The molecule has 4 nitrogen and oxygen atoms in total. The van der Waals surface area contributed by atoms with Gasteiger partial charge < -0.3 is 10.1 Å². The molecule has 1 aliphatic rings. The van der Waals surface area contributed by atoms with Crippen LogP contribution >= 0.6 is 11.8 Å². The molecule has 0 radical (unpaired) electrons. The van der Waals surface area contributed by atoms with Crippen molar-refractivity contribution in [2.75, 3.05) is 7.11 Å². The van der Waals surface area contributed by atoms with Crippen LogP contribution in [0.25, 0.3) is 6.08 Å². The third kappa shape index (κ3) is 3.63. The number of carbonyl (C=O) groups is 1. The highest BCUT2D eigenvalue weighted by Crippen LogP contribution is 2.29. The van der Waals surface area contributed by atoms with E-state index in [1.54, 1.807) is 7.11 Å². The number of hydrogen-bond acceptors (Lipinski definition) is 4. The third-order valence-corrected chi connectivity index (χ3v) is 4.34. The number of ether oxygens (including phenoxy) is 1. The van der Waals surface area contributed by atoms with Crippen LogP contribution in [0.1, 0.15) is 11.1 Å². The quantitative estimate of drug-likeness (QED) is 0.871. The molecule has 1 fully saturated rings. The molecule has 1 amide bonds. The van der Waals surface area contributed by atoms with Crippen molar-refractivity contribution in [2.24, 2.45) is 4.99 Å². The Morgan fingerprint density at radius 2 is 1.87 bits per heavy atom. The molecule has 0 bridgehead atoms. The Balaban J connectivity index is 1.81. The highest BCUT2D eigenvalue weighted by molar-refractivity contribution is 8.18. The van der Waals surface area contributed by atoms with E-state index in [-0.39, 0.29) is 5.91 Å². The molecule has 23 heavy (non-hydrogen) atoms. The molecule has 1 aliphatic heterocycles. The standard InChI is InChI=1S/C18H16N2O2S/c1-12-5-3-4-6-13(12)11-16-17(21)20-18(23-16)19-14-7-9-15(22-2)10-8-14/h3-11H,1-2H3,(H,19,20,21)/b16-11-. The van der Waals surface area contributed by atoms with Crippen molar-refractivity contribution in [1.29, 1.82) is 0 Å². The SMILES string of the molecule is COc1ccc(N=C2NC(=O)/C(=C/c3ccccc3C)S2)cc1. The molecule has 3 rings (SSSR count). The second-order valence-electron chi connectivity index (χ2n) is 5.04. The van der Waals surface area contributed by atoms with Crippen LogP contribution in [0.5, 0.6) is 5.75 Å². The lowest BCUT2D eigenvalue weighted by Crippen LogP contribution is -2.19. The molecule has 116 valence electrons. The van der Waals surface area contributed by atoms with Gasteiger partial charge in [0.25, 0.3) is 5.91 Å². The Hall–Kier alpha value is -2.53. The predicted octanol–water partition coefficient (Wildman–Crippen LogP) is 3.90. The summed E-state index contributed by atoms with van der Waals surface area (Å²) in [5.74, 6) is 0.655. The minimum absolute atomic E-state index is 0.120. The Morgan fingerprint density at radius 1 is 1.13 bits per heavy atom. The number of aryl methyl sites for hydroxylation is 1. The second kappa shape index (κ2) is 6.71. The highest BCUT2D eigenvalue weighted by Gasteiger charge is 2.23. The Kier molecular flexibility index (Phi) is 4.48. The lowest BCUT2D eigenvalue weighted by atomic mass is 10.1. The van der Waals surface area contributed by atoms with Gasteiger partial charge in [0, 0.05) is 0 Å². The van der Waals surface area contributed by atoms with E-state index in [4.69, 9.17) is 4.74 Å². The maximum atomic E-state index is 12.1. The predicted molar refractivity (Wildman–Crippen MR) is 95.0 cm³/mol. The average Bonchev–Trinajstić information content (AvgIpc) is 2.90. The first kappa shape index (κ1) is 15.4. The van der Waals surface area contributed by atoms with Crippen molar-refractivity contribution in [3.63, 3.8) is 0 Å². The summed E-state index contributed by atoms with van der Waals surface area (Å²) < 4.78 is 5.12. The average molecular weight is 324 g/mol. The Labute approximate surface area is 139 Å². The molecule has 2 aromatic rings. The van der Waals surface area contributed by atoms with Crippen molar-refractivity contribution in [2.45, 2.75) is 6.92 Å². The lowest BCUT2D eigenvalue weighted by Gasteiger charge is -2.00. The number of thioether (sulfide) groups is 1. The molecule has 1 saturated heterocycles. The summed E-state index contributed by atoms with van der Waals surface area (Å²) in [5, 5.41) is 3.38. The Bertz CT molecular complexity index is 795. The Morgan fingerprint density at radius 3 is 2.57 bits per heavy atom. The molecule has 0 saturated carbocycles. The third-order valence-electron chi connectivity index (χ3n) is 3.43. The molecule has 0 atom stereocenters. The monoisotopic (exact) mass is 324 g/mol. The number of nitrogens with zero attached hydrogens (tertiary/aromatic N) is 1. The zero-order valence-electron chi connectivity index (χ0n) is 12.9. The van der Waals surface area contributed by atoms with Gasteiger partial charge in [-0.2, -0.15) is 0 Å². The van der Waals surface area contributed by atoms with E-state index in [9.17, 15) is 4.79 Å². The van der Waals surface area contributed by atoms with Gasteiger partial charge in [0.05, 0.1) is 17.7 Å². The maximum absolute atomic E-state index is 12.1. The number of rotatable bonds is 3. The fourth-order valence-electron chi connectivity index (χ4n) is 2.14. The number of hydrogen-bond donors (Lipinski definition) is 1. The second-order valence-corrected chi connectivity index (χ2v) is 6.07. The summed E-state index contributed by atoms with van der Waals surface area (Å²) in [6, 6.07) is 15.3. The summed E-state index contributed by atoms with van der Waals surface area (Å²) >= 11 is 1.35. The molecular formula is C18H16N2O2S. The van der Waals surface area contributed by atoms with Gasteiger partial charge in [-0.1, -0.05) is 24.3 Å². The number of benzene rings is 2. The van der Waals surface area contributed by atoms with Crippen LogP contribution in [-0.4, -0.2) is 18.2 Å². The molecule has 2 aromatic carbocycles. The summed E-state index contributed by atoms with van der Waals surface area (Å²) in [7, 11) is 1.62. The maximum Gasteiger partial charge on any atom is 0.264 e. The van der Waals surface area contributed by atoms with Gasteiger partial charge in [-0.15, -0.1) is 0 Å². The first-order chi connectivity index (χ1) is 11.2. The zero-order chi connectivity index (χ0) is 16.2.